The minimum atomic E-state index is -0.607. The molecule has 3 heteroatoms. The number of carbonyl (C=O) groups excluding carboxylic acids is 1. The first kappa shape index (κ1) is 19.6. The standard InChI is InChI=1S/C21H39NO2/c1-7-14(2)9-10-16-15(3)17(24-19(22)23)13-18-20(4,5)11-8-12-21(16,18)6/h14-18H,7-13H2,1-6H3,(H2,22,23)/t14-,15-,16+,17?,18+,21-/m1/s1. The summed E-state index contributed by atoms with van der Waals surface area (Å²) in [7, 11) is 0. The summed E-state index contributed by atoms with van der Waals surface area (Å²) >= 11 is 0. The molecular weight excluding hydrogens is 298 g/mol. The Balaban J connectivity index is 2.29. The van der Waals surface area contributed by atoms with E-state index in [0.717, 1.165) is 12.3 Å². The van der Waals surface area contributed by atoms with Crippen LogP contribution in [0.4, 0.5) is 4.79 Å². The zero-order chi connectivity index (χ0) is 18.1. The van der Waals surface area contributed by atoms with Crippen molar-refractivity contribution in [2.45, 2.75) is 92.6 Å². The van der Waals surface area contributed by atoms with Crippen LogP contribution in [0.25, 0.3) is 0 Å². The number of ether oxygens (including phenoxy) is 1. The Bertz CT molecular complexity index is 447. The summed E-state index contributed by atoms with van der Waals surface area (Å²) in [6, 6.07) is 0. The molecular formula is C21H39NO2. The van der Waals surface area contributed by atoms with Crippen molar-refractivity contribution < 1.29 is 9.53 Å². The van der Waals surface area contributed by atoms with Crippen LogP contribution in [0, 0.1) is 34.5 Å². The molecule has 1 amide bonds. The molecule has 2 aliphatic carbocycles. The van der Waals surface area contributed by atoms with E-state index >= 15 is 0 Å². The molecule has 2 fully saturated rings. The van der Waals surface area contributed by atoms with Crippen molar-refractivity contribution in [2.24, 2.45) is 40.2 Å². The van der Waals surface area contributed by atoms with Crippen LogP contribution < -0.4 is 5.73 Å². The SMILES string of the molecule is CC[C@@H](C)CC[C@H]1[C@@H](C)C(OC(N)=O)C[C@H]2C(C)(C)CCC[C@]12C. The summed E-state index contributed by atoms with van der Waals surface area (Å²) in [5, 5.41) is 0. The van der Waals surface area contributed by atoms with Gasteiger partial charge < -0.3 is 10.5 Å². The molecule has 1 unspecified atom stereocenters. The average Bonchev–Trinajstić information content (AvgIpc) is 2.47. The summed E-state index contributed by atoms with van der Waals surface area (Å²) in [5.74, 6) is 2.40. The number of hydrogen-bond donors (Lipinski definition) is 1. The summed E-state index contributed by atoms with van der Waals surface area (Å²) in [5.41, 5.74) is 6.07. The molecule has 0 spiro atoms. The van der Waals surface area contributed by atoms with Crippen molar-refractivity contribution in [2.75, 3.05) is 0 Å². The Morgan fingerprint density at radius 2 is 1.96 bits per heavy atom. The second-order valence-electron chi connectivity index (χ2n) is 9.67. The number of carbonyl (C=O) groups is 1. The molecule has 0 heterocycles. The zero-order valence-corrected chi connectivity index (χ0v) is 16.7. The van der Waals surface area contributed by atoms with Gasteiger partial charge in [0.25, 0.3) is 0 Å². The largest absolute Gasteiger partial charge is 0.446 e. The number of rotatable bonds is 5. The highest BCUT2D eigenvalue weighted by atomic mass is 16.6. The minimum Gasteiger partial charge on any atom is -0.446 e. The molecule has 2 N–H and O–H groups in total. The predicted molar refractivity (Wildman–Crippen MR) is 99.6 cm³/mol. The van der Waals surface area contributed by atoms with Gasteiger partial charge in [-0.05, 0) is 60.2 Å². The van der Waals surface area contributed by atoms with Crippen LogP contribution in [0.1, 0.15) is 86.5 Å². The van der Waals surface area contributed by atoms with Gasteiger partial charge in [0.2, 0.25) is 0 Å². The summed E-state index contributed by atoms with van der Waals surface area (Å²) in [4.78, 5) is 11.4. The number of hydrogen-bond acceptors (Lipinski definition) is 2. The zero-order valence-electron chi connectivity index (χ0n) is 16.7. The lowest BCUT2D eigenvalue weighted by molar-refractivity contribution is -0.142. The van der Waals surface area contributed by atoms with Crippen molar-refractivity contribution in [3.05, 3.63) is 0 Å². The molecule has 3 nitrogen and oxygen atoms in total. The maximum absolute atomic E-state index is 11.4. The highest BCUT2D eigenvalue weighted by molar-refractivity contribution is 5.64. The number of primary amides is 1. The Hall–Kier alpha value is -0.730. The number of amides is 1. The smallest absolute Gasteiger partial charge is 0.404 e. The highest BCUT2D eigenvalue weighted by Gasteiger charge is 2.56. The molecule has 6 atom stereocenters. The Kier molecular flexibility index (Phi) is 5.92. The van der Waals surface area contributed by atoms with E-state index in [-0.39, 0.29) is 6.10 Å². The maximum atomic E-state index is 11.4. The normalized spacial score (nSPS) is 39.8. The topological polar surface area (TPSA) is 52.3 Å². The first-order valence-corrected chi connectivity index (χ1v) is 10.1. The third-order valence-electron chi connectivity index (χ3n) is 7.75. The number of fused-ring (bicyclic) bond motifs is 1. The van der Waals surface area contributed by atoms with E-state index in [4.69, 9.17) is 10.5 Å². The van der Waals surface area contributed by atoms with Crippen LogP contribution in [-0.2, 0) is 4.74 Å². The van der Waals surface area contributed by atoms with Crippen LogP contribution >= 0.6 is 0 Å². The lowest BCUT2D eigenvalue weighted by Gasteiger charge is -2.60. The van der Waals surface area contributed by atoms with E-state index in [0.29, 0.717) is 28.6 Å². The van der Waals surface area contributed by atoms with Crippen LogP contribution in [-0.4, -0.2) is 12.2 Å². The lowest BCUT2D eigenvalue weighted by atomic mass is 9.45. The molecule has 140 valence electrons. The van der Waals surface area contributed by atoms with E-state index in [1.165, 1.54) is 38.5 Å². The van der Waals surface area contributed by atoms with Crippen LogP contribution in [0.15, 0.2) is 0 Å². The monoisotopic (exact) mass is 337 g/mol. The molecule has 2 rings (SSSR count). The fraction of sp³-hybridized carbons (Fsp3) is 0.952. The van der Waals surface area contributed by atoms with Gasteiger partial charge in [0.1, 0.15) is 6.10 Å². The van der Waals surface area contributed by atoms with Crippen LogP contribution in [0.3, 0.4) is 0 Å². The van der Waals surface area contributed by atoms with Gasteiger partial charge in [-0.2, -0.15) is 0 Å². The Morgan fingerprint density at radius 3 is 2.54 bits per heavy atom. The number of nitrogens with two attached hydrogens (primary N) is 1. The predicted octanol–water partition coefficient (Wildman–Crippen LogP) is 5.77. The van der Waals surface area contributed by atoms with Crippen LogP contribution in [0.2, 0.25) is 0 Å². The molecule has 0 aromatic rings. The molecule has 0 aliphatic heterocycles. The Labute approximate surface area is 149 Å². The third kappa shape index (κ3) is 3.75. The molecule has 0 aromatic heterocycles. The van der Waals surface area contributed by atoms with Crippen molar-refractivity contribution >= 4 is 6.09 Å². The molecule has 0 radical (unpaired) electrons. The van der Waals surface area contributed by atoms with Crippen LogP contribution in [0.5, 0.6) is 0 Å². The first-order valence-electron chi connectivity index (χ1n) is 10.1. The minimum absolute atomic E-state index is 0.0140. The average molecular weight is 338 g/mol. The van der Waals surface area contributed by atoms with Gasteiger partial charge >= 0.3 is 6.09 Å². The highest BCUT2D eigenvalue weighted by Crippen LogP contribution is 2.62. The van der Waals surface area contributed by atoms with Gasteiger partial charge in [-0.3, -0.25) is 0 Å². The van der Waals surface area contributed by atoms with E-state index in [9.17, 15) is 4.79 Å². The van der Waals surface area contributed by atoms with Crippen molar-refractivity contribution in [1.29, 1.82) is 0 Å². The summed E-state index contributed by atoms with van der Waals surface area (Å²) in [6.45, 7) is 14.3. The summed E-state index contributed by atoms with van der Waals surface area (Å²) < 4.78 is 5.59. The van der Waals surface area contributed by atoms with Crippen molar-refractivity contribution in [3.63, 3.8) is 0 Å². The van der Waals surface area contributed by atoms with E-state index < -0.39 is 6.09 Å². The van der Waals surface area contributed by atoms with Gasteiger partial charge in [-0.15, -0.1) is 0 Å². The molecule has 0 aromatic carbocycles. The Morgan fingerprint density at radius 1 is 1.29 bits per heavy atom. The van der Waals surface area contributed by atoms with Gasteiger partial charge in [0, 0.05) is 0 Å². The quantitative estimate of drug-likeness (QED) is 0.693. The maximum Gasteiger partial charge on any atom is 0.404 e. The molecule has 2 aliphatic rings. The van der Waals surface area contributed by atoms with Gasteiger partial charge in [0.15, 0.2) is 0 Å². The fourth-order valence-electron chi connectivity index (χ4n) is 6.07. The van der Waals surface area contributed by atoms with Crippen molar-refractivity contribution in [1.82, 2.24) is 0 Å². The molecule has 2 saturated carbocycles. The van der Waals surface area contributed by atoms with Gasteiger partial charge in [-0.25, -0.2) is 4.79 Å². The summed E-state index contributed by atoms with van der Waals surface area (Å²) in [6.07, 6.45) is 8.05. The van der Waals surface area contributed by atoms with E-state index in [2.05, 4.69) is 41.5 Å². The van der Waals surface area contributed by atoms with Gasteiger partial charge in [0.05, 0.1) is 0 Å². The fourth-order valence-corrected chi connectivity index (χ4v) is 6.07. The van der Waals surface area contributed by atoms with E-state index in [1.54, 1.807) is 0 Å². The second kappa shape index (κ2) is 7.25. The molecule has 0 bridgehead atoms. The molecule has 0 saturated heterocycles. The molecule has 24 heavy (non-hydrogen) atoms. The third-order valence-corrected chi connectivity index (χ3v) is 7.75. The van der Waals surface area contributed by atoms with Crippen molar-refractivity contribution in [3.8, 4) is 0 Å². The first-order chi connectivity index (χ1) is 11.1. The lowest BCUT2D eigenvalue weighted by Crippen LogP contribution is -2.56. The second-order valence-corrected chi connectivity index (χ2v) is 9.67. The van der Waals surface area contributed by atoms with Gasteiger partial charge in [-0.1, -0.05) is 60.8 Å². The van der Waals surface area contributed by atoms with E-state index in [1.807, 2.05) is 0 Å².